The summed E-state index contributed by atoms with van der Waals surface area (Å²) >= 11 is 1.49. The van der Waals surface area contributed by atoms with E-state index in [9.17, 15) is 9.18 Å². The molecule has 3 N–H and O–H groups in total. The highest BCUT2D eigenvalue weighted by atomic mass is 32.1. The van der Waals surface area contributed by atoms with Crippen molar-refractivity contribution in [2.45, 2.75) is 13.0 Å². The van der Waals surface area contributed by atoms with Gasteiger partial charge in [0.2, 0.25) is 0 Å². The summed E-state index contributed by atoms with van der Waals surface area (Å²) in [7, 11) is 3.48. The lowest BCUT2D eigenvalue weighted by molar-refractivity contribution is 0.111. The van der Waals surface area contributed by atoms with Gasteiger partial charge in [0.1, 0.15) is 16.6 Å². The first-order valence-electron chi connectivity index (χ1n) is 9.04. The molecule has 9 nitrogen and oxygen atoms in total. The highest BCUT2D eigenvalue weighted by Gasteiger charge is 2.19. The molecule has 0 fully saturated rings. The van der Waals surface area contributed by atoms with Gasteiger partial charge in [0.25, 0.3) is 0 Å². The molecule has 0 aliphatic rings. The summed E-state index contributed by atoms with van der Waals surface area (Å²) in [5.41, 5.74) is 8.56. The quantitative estimate of drug-likeness (QED) is 0.266. The molecule has 0 unspecified atom stereocenters. The van der Waals surface area contributed by atoms with Crippen LogP contribution in [0.4, 0.5) is 10.2 Å². The summed E-state index contributed by atoms with van der Waals surface area (Å²) in [6, 6.07) is 4.58. The summed E-state index contributed by atoms with van der Waals surface area (Å²) in [5, 5.41) is 13.7. The zero-order valence-corrected chi connectivity index (χ0v) is 17.1. The number of carbonyl (C=O) groups excluding carboxylic acids is 1. The molecule has 11 heteroatoms. The molecular weight excluding hydrogens is 407 g/mol. The number of H-pyrrole nitrogens is 1. The van der Waals surface area contributed by atoms with Gasteiger partial charge >= 0.3 is 0 Å². The van der Waals surface area contributed by atoms with Gasteiger partial charge in [-0.3, -0.25) is 14.9 Å². The molecule has 30 heavy (non-hydrogen) atoms. The molecule has 0 radical (unpaired) electrons. The predicted molar refractivity (Wildman–Crippen MR) is 113 cm³/mol. The van der Waals surface area contributed by atoms with Crippen molar-refractivity contribution in [2.75, 3.05) is 12.8 Å². The Morgan fingerprint density at radius 1 is 1.37 bits per heavy atom. The van der Waals surface area contributed by atoms with Gasteiger partial charge in [-0.05, 0) is 18.2 Å². The summed E-state index contributed by atoms with van der Waals surface area (Å²) in [6.45, 7) is 0.132. The molecule has 0 atom stereocenters. The van der Waals surface area contributed by atoms with Crippen LogP contribution < -0.4 is 5.73 Å². The number of thiazole rings is 1. The van der Waals surface area contributed by atoms with Gasteiger partial charge in [0.15, 0.2) is 11.9 Å². The maximum absolute atomic E-state index is 13.9. The van der Waals surface area contributed by atoms with E-state index < -0.39 is 5.82 Å². The number of hydrogen-bond acceptors (Lipinski definition) is 8. The average Bonchev–Trinajstić information content (AvgIpc) is 3.42. The van der Waals surface area contributed by atoms with Crippen LogP contribution >= 0.6 is 11.3 Å². The average molecular weight is 426 g/mol. The molecule has 0 amide bonds. The van der Waals surface area contributed by atoms with Crippen LogP contribution in [-0.2, 0) is 20.0 Å². The Bertz CT molecular complexity index is 1230. The molecule has 0 aromatic carbocycles. The first-order chi connectivity index (χ1) is 14.5. The lowest BCUT2D eigenvalue weighted by atomic mass is 10.3. The number of fused-ring (bicyclic) bond motifs is 1. The van der Waals surface area contributed by atoms with E-state index in [1.54, 1.807) is 31.1 Å². The van der Waals surface area contributed by atoms with E-state index in [0.717, 1.165) is 21.7 Å². The summed E-state index contributed by atoms with van der Waals surface area (Å²) in [5.74, 6) is -0.210. The van der Waals surface area contributed by atoms with E-state index in [4.69, 9.17) is 5.73 Å². The lowest BCUT2D eigenvalue weighted by Gasteiger charge is -2.12. The van der Waals surface area contributed by atoms with Crippen LogP contribution in [0.5, 0.6) is 0 Å². The molecule has 0 aliphatic carbocycles. The van der Waals surface area contributed by atoms with Crippen molar-refractivity contribution in [3.8, 4) is 0 Å². The van der Waals surface area contributed by atoms with Crippen LogP contribution in [0.2, 0.25) is 0 Å². The van der Waals surface area contributed by atoms with Crippen LogP contribution in [-0.4, -0.2) is 49.3 Å². The Morgan fingerprint density at radius 3 is 2.93 bits per heavy atom. The minimum atomic E-state index is -0.451. The van der Waals surface area contributed by atoms with E-state index >= 15 is 0 Å². The SMILES string of the molecule is CN(Cc1nc(N)ccc1F)/N=C\c1c(C=O)n(C)c2nc(Cc3cc[nH]n3)sc12. The first kappa shape index (κ1) is 19.7. The van der Waals surface area contributed by atoms with E-state index in [1.807, 2.05) is 6.07 Å². The summed E-state index contributed by atoms with van der Waals surface area (Å²) in [4.78, 5) is 20.3. The molecule has 4 rings (SSSR count). The minimum absolute atomic E-state index is 0.132. The van der Waals surface area contributed by atoms with Gasteiger partial charge in [-0.15, -0.1) is 11.3 Å². The highest BCUT2D eigenvalue weighted by molar-refractivity contribution is 7.19. The van der Waals surface area contributed by atoms with Crippen LogP contribution in [0.3, 0.4) is 0 Å². The number of hydrogen-bond donors (Lipinski definition) is 2. The van der Waals surface area contributed by atoms with Crippen molar-refractivity contribution in [2.24, 2.45) is 12.1 Å². The molecule has 0 bridgehead atoms. The Labute approximate surface area is 175 Å². The number of aromatic amines is 1. The third kappa shape index (κ3) is 3.79. The number of aldehydes is 1. The molecule has 0 saturated heterocycles. The number of halogens is 1. The van der Waals surface area contributed by atoms with Gasteiger partial charge in [-0.1, -0.05) is 0 Å². The number of carbonyl (C=O) groups is 1. The number of nitrogen functional groups attached to an aromatic ring is 1. The normalized spacial score (nSPS) is 11.6. The standard InChI is InChI=1S/C19H19FN8OS/c1-27(9-14-13(20)3-4-16(21)24-14)23-8-12-15(10-29)28(2)19-18(12)30-17(25-19)7-11-5-6-22-26-11/h3-6,8,10H,7,9H2,1-2H3,(H2,21,24)(H,22,26)/b23-8-. The Morgan fingerprint density at radius 2 is 2.20 bits per heavy atom. The van der Waals surface area contributed by atoms with Crippen molar-refractivity contribution in [3.05, 3.63) is 57.9 Å². The summed E-state index contributed by atoms with van der Waals surface area (Å²) < 4.78 is 16.5. The van der Waals surface area contributed by atoms with E-state index in [1.165, 1.54) is 28.5 Å². The van der Waals surface area contributed by atoms with E-state index in [2.05, 4.69) is 25.3 Å². The largest absolute Gasteiger partial charge is 0.384 e. The van der Waals surface area contributed by atoms with Crippen LogP contribution in [0.15, 0.2) is 29.5 Å². The topological polar surface area (TPSA) is 118 Å². The second-order valence-electron chi connectivity index (χ2n) is 6.70. The predicted octanol–water partition coefficient (Wildman–Crippen LogP) is 2.34. The second kappa shape index (κ2) is 8.03. The van der Waals surface area contributed by atoms with Gasteiger partial charge in [0.05, 0.1) is 34.5 Å². The molecule has 154 valence electrons. The fraction of sp³-hybridized carbons (Fsp3) is 0.211. The number of nitrogens with zero attached hydrogens (tertiary/aromatic N) is 6. The zero-order valence-electron chi connectivity index (χ0n) is 16.3. The first-order valence-corrected chi connectivity index (χ1v) is 9.86. The number of nitrogens with one attached hydrogen (secondary N) is 1. The van der Waals surface area contributed by atoms with E-state index in [0.29, 0.717) is 23.3 Å². The number of aromatic nitrogens is 5. The van der Waals surface area contributed by atoms with Crippen molar-refractivity contribution in [3.63, 3.8) is 0 Å². The van der Waals surface area contributed by atoms with Crippen molar-refractivity contribution in [1.29, 1.82) is 0 Å². The van der Waals surface area contributed by atoms with E-state index in [-0.39, 0.29) is 18.1 Å². The maximum Gasteiger partial charge on any atom is 0.167 e. The third-order valence-electron chi connectivity index (χ3n) is 4.56. The van der Waals surface area contributed by atoms with Crippen molar-refractivity contribution >= 4 is 40.0 Å². The Hall–Kier alpha value is -3.60. The van der Waals surface area contributed by atoms with Crippen LogP contribution in [0.1, 0.15) is 32.4 Å². The minimum Gasteiger partial charge on any atom is -0.384 e. The molecule has 0 spiro atoms. The molecule has 0 saturated carbocycles. The van der Waals surface area contributed by atoms with Crippen LogP contribution in [0.25, 0.3) is 10.3 Å². The van der Waals surface area contributed by atoms with Gasteiger partial charge in [-0.25, -0.2) is 14.4 Å². The molecule has 4 aromatic heterocycles. The molecule has 4 aromatic rings. The lowest BCUT2D eigenvalue weighted by Crippen LogP contribution is -2.14. The monoisotopic (exact) mass is 426 g/mol. The van der Waals surface area contributed by atoms with Crippen LogP contribution in [0, 0.1) is 5.82 Å². The number of pyridine rings is 1. The highest BCUT2D eigenvalue weighted by Crippen LogP contribution is 2.30. The third-order valence-corrected chi connectivity index (χ3v) is 5.64. The smallest absolute Gasteiger partial charge is 0.167 e. The molecule has 4 heterocycles. The number of nitrogens with two attached hydrogens (primary N) is 1. The number of aryl methyl sites for hydroxylation is 1. The maximum atomic E-state index is 13.9. The second-order valence-corrected chi connectivity index (χ2v) is 7.79. The number of rotatable bonds is 7. The Balaban J connectivity index is 1.62. The van der Waals surface area contributed by atoms with Gasteiger partial charge in [-0.2, -0.15) is 10.2 Å². The number of hydrazone groups is 1. The molecule has 0 aliphatic heterocycles. The summed E-state index contributed by atoms with van der Waals surface area (Å²) in [6.07, 6.45) is 4.73. The zero-order chi connectivity index (χ0) is 21.3. The van der Waals surface area contributed by atoms with Crippen molar-refractivity contribution < 1.29 is 9.18 Å². The van der Waals surface area contributed by atoms with Gasteiger partial charge in [0, 0.05) is 32.3 Å². The Kier molecular flexibility index (Phi) is 5.27. The number of anilines is 1. The van der Waals surface area contributed by atoms with Crippen molar-refractivity contribution in [1.82, 2.24) is 29.7 Å². The fourth-order valence-corrected chi connectivity index (χ4v) is 4.21. The fourth-order valence-electron chi connectivity index (χ4n) is 3.08. The molecular formula is C19H19FN8OS. The van der Waals surface area contributed by atoms with Gasteiger partial charge < -0.3 is 10.3 Å².